The Labute approximate surface area is 144 Å². The first-order valence-corrected chi connectivity index (χ1v) is 8.45. The van der Waals surface area contributed by atoms with Gasteiger partial charge in [-0.15, -0.1) is 0 Å². The van der Waals surface area contributed by atoms with E-state index in [-0.39, 0.29) is 18.4 Å². The molecule has 0 unspecified atom stereocenters. The second-order valence-electron chi connectivity index (χ2n) is 5.45. The predicted molar refractivity (Wildman–Crippen MR) is 92.3 cm³/mol. The molecule has 0 radical (unpaired) electrons. The first-order valence-electron chi connectivity index (χ1n) is 7.65. The molecule has 0 aromatic heterocycles. The van der Waals surface area contributed by atoms with Crippen LogP contribution in [0.25, 0.3) is 0 Å². The van der Waals surface area contributed by atoms with Crippen molar-refractivity contribution in [2.24, 2.45) is 0 Å². The monoisotopic (exact) mass is 383 g/mol. The number of anilines is 1. The molecule has 0 aliphatic carbocycles. The van der Waals surface area contributed by atoms with Crippen molar-refractivity contribution in [2.45, 2.75) is 6.92 Å². The van der Waals surface area contributed by atoms with Crippen molar-refractivity contribution in [2.75, 3.05) is 51.3 Å². The van der Waals surface area contributed by atoms with Crippen LogP contribution in [0.15, 0.2) is 28.7 Å². The number of benzene rings is 1. The number of amides is 2. The summed E-state index contributed by atoms with van der Waals surface area (Å²) < 4.78 is 6.25. The molecule has 1 N–H and O–H groups in total. The van der Waals surface area contributed by atoms with Crippen LogP contribution < -0.4 is 5.32 Å². The Morgan fingerprint density at radius 3 is 2.52 bits per heavy atom. The van der Waals surface area contributed by atoms with Gasteiger partial charge in [-0.2, -0.15) is 0 Å². The van der Waals surface area contributed by atoms with Crippen molar-refractivity contribution in [3.05, 3.63) is 28.7 Å². The highest BCUT2D eigenvalue weighted by molar-refractivity contribution is 9.10. The number of carbonyl (C=O) groups is 2. The Kier molecular flexibility index (Phi) is 7.01. The summed E-state index contributed by atoms with van der Waals surface area (Å²) in [5.74, 6) is -0.284. The standard InChI is InChI=1S/C16H22BrN3O3/c1-13(21)20(7-6-19-8-10-23-11-9-19)12-16(22)18-15-4-2-14(17)3-5-15/h2-5H,6-12H2,1H3,(H,18,22). The van der Waals surface area contributed by atoms with Gasteiger partial charge in [0.15, 0.2) is 0 Å². The van der Waals surface area contributed by atoms with E-state index in [1.807, 2.05) is 24.3 Å². The second-order valence-corrected chi connectivity index (χ2v) is 6.37. The van der Waals surface area contributed by atoms with Crippen molar-refractivity contribution in [1.82, 2.24) is 9.80 Å². The molecule has 1 aromatic carbocycles. The summed E-state index contributed by atoms with van der Waals surface area (Å²) in [7, 11) is 0. The summed E-state index contributed by atoms with van der Waals surface area (Å²) in [6.45, 7) is 6.06. The van der Waals surface area contributed by atoms with Crippen LogP contribution in [0.3, 0.4) is 0 Å². The minimum Gasteiger partial charge on any atom is -0.379 e. The molecule has 6 nitrogen and oxygen atoms in total. The van der Waals surface area contributed by atoms with Gasteiger partial charge in [-0.3, -0.25) is 14.5 Å². The van der Waals surface area contributed by atoms with Crippen molar-refractivity contribution in [3.63, 3.8) is 0 Å². The summed E-state index contributed by atoms with van der Waals surface area (Å²) in [6.07, 6.45) is 0. The van der Waals surface area contributed by atoms with Gasteiger partial charge in [0.2, 0.25) is 11.8 Å². The summed E-state index contributed by atoms with van der Waals surface area (Å²) >= 11 is 3.35. The fraction of sp³-hybridized carbons (Fsp3) is 0.500. The zero-order valence-electron chi connectivity index (χ0n) is 13.3. The number of carbonyl (C=O) groups excluding carboxylic acids is 2. The van der Waals surface area contributed by atoms with Gasteiger partial charge in [0.25, 0.3) is 0 Å². The van der Waals surface area contributed by atoms with Gasteiger partial charge >= 0.3 is 0 Å². The number of morpholine rings is 1. The summed E-state index contributed by atoms with van der Waals surface area (Å²) in [5, 5.41) is 2.81. The minimum absolute atomic E-state index is 0.0652. The van der Waals surface area contributed by atoms with E-state index < -0.39 is 0 Å². The zero-order valence-corrected chi connectivity index (χ0v) is 14.8. The molecule has 0 bridgehead atoms. The number of hydrogen-bond donors (Lipinski definition) is 1. The highest BCUT2D eigenvalue weighted by Crippen LogP contribution is 2.14. The number of rotatable bonds is 6. The number of nitrogens with one attached hydrogen (secondary N) is 1. The molecule has 1 aliphatic heterocycles. The van der Waals surface area contributed by atoms with Gasteiger partial charge in [0, 0.05) is 43.3 Å². The number of ether oxygens (including phenoxy) is 1. The van der Waals surface area contributed by atoms with Gasteiger partial charge < -0.3 is 15.0 Å². The fourth-order valence-corrected chi connectivity index (χ4v) is 2.61. The SMILES string of the molecule is CC(=O)N(CCN1CCOCC1)CC(=O)Nc1ccc(Br)cc1. The minimum atomic E-state index is -0.190. The zero-order chi connectivity index (χ0) is 16.7. The molecular formula is C16H22BrN3O3. The molecule has 1 fully saturated rings. The maximum absolute atomic E-state index is 12.1. The molecule has 126 valence electrons. The van der Waals surface area contributed by atoms with Crippen molar-refractivity contribution < 1.29 is 14.3 Å². The van der Waals surface area contributed by atoms with E-state index in [1.54, 1.807) is 4.90 Å². The van der Waals surface area contributed by atoms with Gasteiger partial charge in [0.05, 0.1) is 19.8 Å². The van der Waals surface area contributed by atoms with Crippen LogP contribution in [0.2, 0.25) is 0 Å². The Morgan fingerprint density at radius 1 is 1.26 bits per heavy atom. The highest BCUT2D eigenvalue weighted by atomic mass is 79.9. The Balaban J connectivity index is 1.81. The summed E-state index contributed by atoms with van der Waals surface area (Å²) in [6, 6.07) is 7.34. The molecule has 2 amide bonds. The number of nitrogens with zero attached hydrogens (tertiary/aromatic N) is 2. The molecule has 23 heavy (non-hydrogen) atoms. The first-order chi connectivity index (χ1) is 11.0. The quantitative estimate of drug-likeness (QED) is 0.809. The highest BCUT2D eigenvalue weighted by Gasteiger charge is 2.16. The topological polar surface area (TPSA) is 61.9 Å². The normalized spacial score (nSPS) is 15.2. The van der Waals surface area contributed by atoms with Crippen LogP contribution in [0, 0.1) is 0 Å². The molecule has 7 heteroatoms. The van der Waals surface area contributed by atoms with Gasteiger partial charge in [-0.25, -0.2) is 0 Å². The Bertz CT molecular complexity index is 530. The van der Waals surface area contributed by atoms with Gasteiger partial charge in [0.1, 0.15) is 0 Å². The maximum atomic E-state index is 12.1. The molecule has 0 spiro atoms. The third-order valence-corrected chi connectivity index (χ3v) is 4.23. The maximum Gasteiger partial charge on any atom is 0.243 e. The van der Waals surface area contributed by atoms with E-state index in [0.29, 0.717) is 6.54 Å². The first kappa shape index (κ1) is 17.9. The molecule has 0 atom stereocenters. The van der Waals surface area contributed by atoms with Crippen LogP contribution in [0.1, 0.15) is 6.92 Å². The average Bonchev–Trinajstić information content (AvgIpc) is 2.54. The molecule has 0 saturated carbocycles. The number of halogens is 1. The third-order valence-electron chi connectivity index (χ3n) is 3.70. The largest absolute Gasteiger partial charge is 0.379 e. The van der Waals surface area contributed by atoms with Gasteiger partial charge in [-0.05, 0) is 24.3 Å². The summed E-state index contributed by atoms with van der Waals surface area (Å²) in [5.41, 5.74) is 0.717. The lowest BCUT2D eigenvalue weighted by Crippen LogP contribution is -2.44. The third kappa shape index (κ3) is 6.29. The molecular weight excluding hydrogens is 362 g/mol. The molecule has 1 saturated heterocycles. The van der Waals surface area contributed by atoms with E-state index in [4.69, 9.17) is 4.74 Å². The Hall–Kier alpha value is -1.44. The second kappa shape index (κ2) is 9.00. The van der Waals surface area contributed by atoms with Crippen LogP contribution in [0.4, 0.5) is 5.69 Å². The average molecular weight is 384 g/mol. The van der Waals surface area contributed by atoms with Crippen molar-refractivity contribution in [1.29, 1.82) is 0 Å². The van der Waals surface area contributed by atoms with Crippen LogP contribution in [-0.4, -0.2) is 67.6 Å². The lowest BCUT2D eigenvalue weighted by molar-refractivity contribution is -0.133. The molecule has 1 heterocycles. The van der Waals surface area contributed by atoms with E-state index in [1.165, 1.54) is 6.92 Å². The van der Waals surface area contributed by atoms with Crippen LogP contribution in [0.5, 0.6) is 0 Å². The van der Waals surface area contributed by atoms with Crippen molar-refractivity contribution in [3.8, 4) is 0 Å². The van der Waals surface area contributed by atoms with E-state index in [0.717, 1.165) is 43.0 Å². The molecule has 1 aromatic rings. The van der Waals surface area contributed by atoms with Crippen LogP contribution >= 0.6 is 15.9 Å². The predicted octanol–water partition coefficient (Wildman–Crippen LogP) is 1.57. The van der Waals surface area contributed by atoms with E-state index in [2.05, 4.69) is 26.1 Å². The molecule has 2 rings (SSSR count). The number of hydrogen-bond acceptors (Lipinski definition) is 4. The van der Waals surface area contributed by atoms with Crippen LogP contribution in [-0.2, 0) is 14.3 Å². The van der Waals surface area contributed by atoms with E-state index >= 15 is 0 Å². The summed E-state index contributed by atoms with van der Waals surface area (Å²) in [4.78, 5) is 27.7. The Morgan fingerprint density at radius 2 is 1.91 bits per heavy atom. The lowest BCUT2D eigenvalue weighted by Gasteiger charge is -2.29. The van der Waals surface area contributed by atoms with Gasteiger partial charge in [-0.1, -0.05) is 15.9 Å². The molecule has 1 aliphatic rings. The lowest BCUT2D eigenvalue weighted by atomic mass is 10.3. The van der Waals surface area contributed by atoms with E-state index in [9.17, 15) is 9.59 Å². The van der Waals surface area contributed by atoms with Crippen molar-refractivity contribution >= 4 is 33.4 Å². The fourth-order valence-electron chi connectivity index (χ4n) is 2.34. The smallest absolute Gasteiger partial charge is 0.243 e.